The zero-order chi connectivity index (χ0) is 5.70. The topological polar surface area (TPSA) is 26.3 Å². The summed E-state index contributed by atoms with van der Waals surface area (Å²) in [6.45, 7) is 4.07. The Hall–Kier alpha value is 0.158. The molecule has 0 aromatic rings. The van der Waals surface area contributed by atoms with Gasteiger partial charge in [-0.15, -0.1) is 0 Å². The summed E-state index contributed by atoms with van der Waals surface area (Å²) >= 11 is 0. The van der Waals surface area contributed by atoms with Crippen LogP contribution in [0.1, 0.15) is 20.3 Å². The van der Waals surface area contributed by atoms with Crippen molar-refractivity contribution in [3.05, 3.63) is 0 Å². The first-order valence-corrected chi connectivity index (χ1v) is 2.46. The maximum atomic E-state index is 10.2. The predicted molar refractivity (Wildman–Crippen MR) is 26.9 cm³/mol. The van der Waals surface area contributed by atoms with Crippen molar-refractivity contribution in [3.8, 4) is 0 Å². The van der Waals surface area contributed by atoms with Crippen molar-refractivity contribution in [1.82, 2.24) is 0 Å². The van der Waals surface area contributed by atoms with Gasteiger partial charge in [0.1, 0.15) is 0 Å². The Morgan fingerprint density at radius 2 is 2.00 bits per heavy atom. The molecule has 0 aromatic carbocycles. The normalized spacial score (nSPS) is 7.25. The van der Waals surface area contributed by atoms with Gasteiger partial charge in [-0.25, -0.2) is 0 Å². The molecule has 0 aromatic heterocycles. The van der Waals surface area contributed by atoms with Crippen LogP contribution in [0.2, 0.25) is 0 Å². The first-order chi connectivity index (χ1) is 3.31. The Morgan fingerprint density at radius 1 is 1.50 bits per heavy atom. The Bertz CT molecular complexity index is 63.4. The molecule has 0 aliphatic carbocycles. The van der Waals surface area contributed by atoms with E-state index in [1.54, 1.807) is 13.8 Å². The molecule has 0 bridgehead atoms. The number of esters is 1. The predicted octanol–water partition coefficient (Wildman–Crippen LogP) is 0.957. The van der Waals surface area contributed by atoms with Gasteiger partial charge >= 0.3 is 5.97 Å². The van der Waals surface area contributed by atoms with E-state index < -0.39 is 0 Å². The van der Waals surface area contributed by atoms with Gasteiger partial charge in [0.2, 0.25) is 0 Å². The van der Waals surface area contributed by atoms with Crippen LogP contribution in [0.5, 0.6) is 0 Å². The van der Waals surface area contributed by atoms with Gasteiger partial charge in [0.25, 0.3) is 0 Å². The molecule has 3 heteroatoms. The van der Waals surface area contributed by atoms with Crippen molar-refractivity contribution in [2.75, 3.05) is 6.61 Å². The molecule has 0 aliphatic rings. The van der Waals surface area contributed by atoms with Crippen LogP contribution in [0.4, 0.5) is 0 Å². The Morgan fingerprint density at radius 3 is 2.12 bits per heavy atom. The summed E-state index contributed by atoms with van der Waals surface area (Å²) in [6.07, 6.45) is 0.480. The third-order valence-corrected chi connectivity index (χ3v) is 0.594. The summed E-state index contributed by atoms with van der Waals surface area (Å²) in [4.78, 5) is 10.2. The van der Waals surface area contributed by atoms with Gasteiger partial charge in [0.15, 0.2) is 0 Å². The maximum Gasteiger partial charge on any atom is 0.305 e. The smallest absolute Gasteiger partial charge is 0.305 e. The molecule has 0 fully saturated rings. The molecular weight excluding hydrogens is 287 g/mol. The van der Waals surface area contributed by atoms with Gasteiger partial charge in [-0.2, -0.15) is 0 Å². The third kappa shape index (κ3) is 6.16. The van der Waals surface area contributed by atoms with Crippen LogP contribution in [0.3, 0.4) is 0 Å². The largest absolute Gasteiger partial charge is 0.466 e. The van der Waals surface area contributed by atoms with E-state index in [0.29, 0.717) is 13.0 Å². The van der Waals surface area contributed by atoms with Crippen LogP contribution in [0.15, 0.2) is 0 Å². The SMILES string of the molecule is CCOC(=O)CC.[Pt]. The molecule has 0 atom stereocenters. The van der Waals surface area contributed by atoms with Crippen molar-refractivity contribution < 1.29 is 30.6 Å². The van der Waals surface area contributed by atoms with Crippen molar-refractivity contribution in [3.63, 3.8) is 0 Å². The zero-order valence-electron chi connectivity index (χ0n) is 5.05. The molecule has 0 heterocycles. The molecule has 0 radical (unpaired) electrons. The number of hydrogen-bond donors (Lipinski definition) is 0. The first kappa shape index (κ1) is 11.0. The minimum Gasteiger partial charge on any atom is -0.466 e. The summed E-state index contributed by atoms with van der Waals surface area (Å²) < 4.78 is 4.55. The molecular formula is C5H10O2Pt. The van der Waals surface area contributed by atoms with E-state index in [9.17, 15) is 4.79 Å². The summed E-state index contributed by atoms with van der Waals surface area (Å²) in [5, 5.41) is 0. The van der Waals surface area contributed by atoms with Crippen LogP contribution in [-0.4, -0.2) is 12.6 Å². The minimum absolute atomic E-state index is 0. The van der Waals surface area contributed by atoms with Gasteiger partial charge < -0.3 is 4.74 Å². The molecule has 0 amide bonds. The molecule has 0 unspecified atom stereocenters. The van der Waals surface area contributed by atoms with E-state index in [-0.39, 0.29) is 27.0 Å². The van der Waals surface area contributed by atoms with Crippen LogP contribution in [0.25, 0.3) is 0 Å². The Balaban J connectivity index is 0. The Labute approximate surface area is 63.9 Å². The van der Waals surface area contributed by atoms with E-state index in [2.05, 4.69) is 4.74 Å². The summed E-state index contributed by atoms with van der Waals surface area (Å²) in [6, 6.07) is 0. The van der Waals surface area contributed by atoms with E-state index >= 15 is 0 Å². The average molecular weight is 297 g/mol. The van der Waals surface area contributed by atoms with Gasteiger partial charge in [0, 0.05) is 27.5 Å². The first-order valence-electron chi connectivity index (χ1n) is 2.46. The minimum atomic E-state index is -0.123. The second-order valence-electron chi connectivity index (χ2n) is 1.16. The van der Waals surface area contributed by atoms with Crippen molar-refractivity contribution >= 4 is 5.97 Å². The van der Waals surface area contributed by atoms with Gasteiger partial charge in [-0.3, -0.25) is 4.79 Å². The fourth-order valence-corrected chi connectivity index (χ4v) is 0.263. The number of hydrogen-bond acceptors (Lipinski definition) is 2. The molecule has 0 rings (SSSR count). The van der Waals surface area contributed by atoms with Gasteiger partial charge in [-0.05, 0) is 6.92 Å². The molecule has 0 N–H and O–H groups in total. The van der Waals surface area contributed by atoms with Crippen LogP contribution >= 0.6 is 0 Å². The number of ether oxygens (including phenoxy) is 1. The summed E-state index contributed by atoms with van der Waals surface area (Å²) in [7, 11) is 0. The number of carbonyl (C=O) groups is 1. The molecule has 0 saturated heterocycles. The number of rotatable bonds is 2. The monoisotopic (exact) mass is 297 g/mol. The average Bonchev–Trinajstić information content (AvgIpc) is 1.68. The van der Waals surface area contributed by atoms with Crippen LogP contribution in [0, 0.1) is 0 Å². The second kappa shape index (κ2) is 7.16. The van der Waals surface area contributed by atoms with Crippen LogP contribution < -0.4 is 0 Å². The third-order valence-electron chi connectivity index (χ3n) is 0.594. The molecule has 52 valence electrons. The van der Waals surface area contributed by atoms with Crippen LogP contribution in [-0.2, 0) is 30.6 Å². The zero-order valence-corrected chi connectivity index (χ0v) is 7.32. The standard InChI is InChI=1S/C5H10O2.Pt/c1-3-5(6)7-4-2;/h3-4H2,1-2H3;. The molecule has 8 heavy (non-hydrogen) atoms. The van der Waals surface area contributed by atoms with Gasteiger partial charge in [0.05, 0.1) is 6.61 Å². The molecule has 2 nitrogen and oxygen atoms in total. The molecule has 0 saturated carbocycles. The summed E-state index contributed by atoms with van der Waals surface area (Å²) in [5.41, 5.74) is 0. The van der Waals surface area contributed by atoms with Crippen molar-refractivity contribution in [2.24, 2.45) is 0 Å². The van der Waals surface area contributed by atoms with Gasteiger partial charge in [-0.1, -0.05) is 6.92 Å². The number of carbonyl (C=O) groups excluding carboxylic acids is 1. The maximum absolute atomic E-state index is 10.2. The second-order valence-corrected chi connectivity index (χ2v) is 1.16. The van der Waals surface area contributed by atoms with E-state index in [1.807, 2.05) is 0 Å². The quantitative estimate of drug-likeness (QED) is 0.710. The molecule has 0 spiro atoms. The van der Waals surface area contributed by atoms with Crippen molar-refractivity contribution in [1.29, 1.82) is 0 Å². The fourth-order valence-electron chi connectivity index (χ4n) is 0.263. The summed E-state index contributed by atoms with van der Waals surface area (Å²) in [5.74, 6) is -0.123. The molecule has 0 aliphatic heterocycles. The fraction of sp³-hybridized carbons (Fsp3) is 0.800. The van der Waals surface area contributed by atoms with Crippen molar-refractivity contribution in [2.45, 2.75) is 20.3 Å². The van der Waals surface area contributed by atoms with E-state index in [1.165, 1.54) is 0 Å². The Kier molecular flexibility index (Phi) is 9.86. The van der Waals surface area contributed by atoms with E-state index in [4.69, 9.17) is 0 Å². The van der Waals surface area contributed by atoms with E-state index in [0.717, 1.165) is 0 Å².